The Hall–Kier alpha value is -3.65. The van der Waals surface area contributed by atoms with Crippen LogP contribution in [0.25, 0.3) is 0 Å². The van der Waals surface area contributed by atoms with Gasteiger partial charge in [0.05, 0.1) is 18.2 Å². The van der Waals surface area contributed by atoms with E-state index >= 15 is 0 Å². The Kier molecular flexibility index (Phi) is 8.40. The van der Waals surface area contributed by atoms with Gasteiger partial charge in [0, 0.05) is 45.3 Å². The van der Waals surface area contributed by atoms with E-state index in [-0.39, 0.29) is 36.3 Å². The van der Waals surface area contributed by atoms with Gasteiger partial charge in [0.1, 0.15) is 17.7 Å². The Balaban J connectivity index is 1.46. The number of rotatable bonds is 7. The van der Waals surface area contributed by atoms with Gasteiger partial charge in [-0.15, -0.1) is 0 Å². The molecule has 5 atom stereocenters. The summed E-state index contributed by atoms with van der Waals surface area (Å²) in [4.78, 5) is 58.9. The van der Waals surface area contributed by atoms with Crippen molar-refractivity contribution < 1.29 is 23.9 Å². The van der Waals surface area contributed by atoms with Crippen molar-refractivity contribution in [2.75, 3.05) is 33.7 Å². The number of hydrogen-bond donors (Lipinski definition) is 1. The molecule has 0 aliphatic carbocycles. The first-order valence-corrected chi connectivity index (χ1v) is 13.9. The lowest BCUT2D eigenvalue weighted by atomic mass is 10.0. The van der Waals surface area contributed by atoms with Gasteiger partial charge in [-0.2, -0.15) is 5.26 Å². The van der Waals surface area contributed by atoms with Crippen LogP contribution in [0.1, 0.15) is 68.9 Å². The molecule has 3 saturated heterocycles. The van der Waals surface area contributed by atoms with Crippen LogP contribution in [-0.2, 0) is 14.3 Å². The van der Waals surface area contributed by atoms with Crippen LogP contribution in [0.3, 0.4) is 0 Å². The van der Waals surface area contributed by atoms with Gasteiger partial charge in [-0.1, -0.05) is 12.1 Å². The van der Waals surface area contributed by atoms with E-state index in [1.165, 1.54) is 9.80 Å². The molecule has 3 aliphatic rings. The summed E-state index contributed by atoms with van der Waals surface area (Å²) in [6, 6.07) is 7.45. The van der Waals surface area contributed by atoms with Gasteiger partial charge in [0.15, 0.2) is 0 Å². The standard InChI is InChI=1S/C29H40N6O5/c1-18(19-9-11-20(12-10-19)25(36)32(5)6)35-22-14-24(27(35)38)33(16-22)17-23(31-28(39)40-29(2,3)4)26(37)34-13-7-8-21(34)15-30/h9-12,18,21-24H,7-8,13-14,16-17H2,1-6H3,(H,31,39)/t18?,21?,22-,23?,24?/m0/s1. The molecule has 11 nitrogen and oxygen atoms in total. The average Bonchev–Trinajstić information content (AvgIpc) is 3.60. The summed E-state index contributed by atoms with van der Waals surface area (Å²) >= 11 is 0. The van der Waals surface area contributed by atoms with Crippen LogP contribution in [0, 0.1) is 11.3 Å². The second-order valence-corrected chi connectivity index (χ2v) is 12.1. The van der Waals surface area contributed by atoms with E-state index in [1.54, 1.807) is 47.0 Å². The third kappa shape index (κ3) is 6.07. The second kappa shape index (κ2) is 11.5. The summed E-state index contributed by atoms with van der Waals surface area (Å²) < 4.78 is 5.41. The van der Waals surface area contributed by atoms with Crippen LogP contribution in [0.15, 0.2) is 24.3 Å². The SMILES string of the molecule is CC(c1ccc(C(=O)N(C)C)cc1)N1C(=O)C2C[C@H]1CN2CC(NC(=O)OC(C)(C)C)C(=O)N1CCCC1C#N. The molecule has 0 aromatic heterocycles. The number of amides is 4. The molecule has 40 heavy (non-hydrogen) atoms. The topological polar surface area (TPSA) is 126 Å². The lowest BCUT2D eigenvalue weighted by molar-refractivity contribution is -0.141. The molecule has 0 radical (unpaired) electrons. The van der Waals surface area contributed by atoms with Crippen LogP contribution in [0.5, 0.6) is 0 Å². The van der Waals surface area contributed by atoms with Crippen LogP contribution in [0.4, 0.5) is 4.79 Å². The first kappa shape index (κ1) is 29.3. The Morgan fingerprint density at radius 1 is 1.20 bits per heavy atom. The summed E-state index contributed by atoms with van der Waals surface area (Å²) in [5.74, 6) is -0.426. The maximum atomic E-state index is 13.5. The van der Waals surface area contributed by atoms with Crippen LogP contribution >= 0.6 is 0 Å². The highest BCUT2D eigenvalue weighted by molar-refractivity contribution is 5.94. The summed E-state index contributed by atoms with van der Waals surface area (Å²) in [5, 5.41) is 12.2. The van der Waals surface area contributed by atoms with Crippen molar-refractivity contribution in [2.24, 2.45) is 0 Å². The minimum Gasteiger partial charge on any atom is -0.444 e. The summed E-state index contributed by atoms with van der Waals surface area (Å²) in [5.41, 5.74) is 0.794. The molecule has 4 rings (SSSR count). The molecule has 216 valence electrons. The van der Waals surface area contributed by atoms with E-state index in [1.807, 2.05) is 28.9 Å². The largest absolute Gasteiger partial charge is 0.444 e. The van der Waals surface area contributed by atoms with Gasteiger partial charge in [0.25, 0.3) is 5.91 Å². The highest BCUT2D eigenvalue weighted by Gasteiger charge is 2.52. The highest BCUT2D eigenvalue weighted by Crippen LogP contribution is 2.38. The number of benzene rings is 1. The number of alkyl carbamates (subject to hydrolysis) is 1. The van der Waals surface area contributed by atoms with Crippen LogP contribution in [-0.4, -0.2) is 107 Å². The van der Waals surface area contributed by atoms with Crippen molar-refractivity contribution in [3.63, 3.8) is 0 Å². The molecule has 3 heterocycles. The minimum absolute atomic E-state index is 0.0169. The quantitative estimate of drug-likeness (QED) is 0.549. The van der Waals surface area contributed by atoms with Gasteiger partial charge in [-0.25, -0.2) is 4.79 Å². The van der Waals surface area contributed by atoms with Crippen molar-refractivity contribution in [1.82, 2.24) is 24.9 Å². The van der Waals surface area contributed by atoms with Crippen LogP contribution in [0.2, 0.25) is 0 Å². The maximum absolute atomic E-state index is 13.5. The van der Waals surface area contributed by atoms with E-state index in [9.17, 15) is 24.4 Å². The van der Waals surface area contributed by atoms with Crippen molar-refractivity contribution >= 4 is 23.8 Å². The number of carbonyl (C=O) groups is 4. The third-order valence-corrected chi connectivity index (χ3v) is 7.87. The summed E-state index contributed by atoms with van der Waals surface area (Å²) in [7, 11) is 3.41. The number of likely N-dealkylation sites (tertiary alicyclic amines) is 3. The predicted molar refractivity (Wildman–Crippen MR) is 147 cm³/mol. The molecule has 2 bridgehead atoms. The molecule has 1 N–H and O–H groups in total. The van der Waals surface area contributed by atoms with E-state index in [4.69, 9.17) is 4.74 Å². The number of nitrogens with zero attached hydrogens (tertiary/aromatic N) is 5. The molecule has 0 saturated carbocycles. The fourth-order valence-electron chi connectivity index (χ4n) is 5.96. The smallest absolute Gasteiger partial charge is 0.408 e. The van der Waals surface area contributed by atoms with Gasteiger partial charge in [0.2, 0.25) is 11.8 Å². The molecule has 3 aliphatic heterocycles. The molecule has 4 amide bonds. The average molecular weight is 553 g/mol. The minimum atomic E-state index is -0.941. The number of nitrogens with one attached hydrogen (secondary N) is 1. The maximum Gasteiger partial charge on any atom is 0.408 e. The molecule has 0 spiro atoms. The molecule has 1 aromatic rings. The number of carbonyl (C=O) groups excluding carboxylic acids is 4. The first-order chi connectivity index (χ1) is 18.8. The van der Waals surface area contributed by atoms with Crippen molar-refractivity contribution in [2.45, 2.75) is 82.8 Å². The third-order valence-electron chi connectivity index (χ3n) is 7.87. The predicted octanol–water partition coefficient (Wildman–Crippen LogP) is 2.14. The lowest BCUT2D eigenvalue weighted by Crippen LogP contribution is -2.59. The van der Waals surface area contributed by atoms with E-state index < -0.39 is 29.8 Å². The second-order valence-electron chi connectivity index (χ2n) is 12.1. The monoisotopic (exact) mass is 552 g/mol. The highest BCUT2D eigenvalue weighted by atomic mass is 16.6. The Morgan fingerprint density at radius 3 is 2.45 bits per heavy atom. The van der Waals surface area contributed by atoms with Gasteiger partial charge < -0.3 is 24.8 Å². The Labute approximate surface area is 236 Å². The number of hydrogen-bond acceptors (Lipinski definition) is 7. The zero-order valence-electron chi connectivity index (χ0n) is 24.2. The Morgan fingerprint density at radius 2 is 1.88 bits per heavy atom. The molecular weight excluding hydrogens is 512 g/mol. The molecule has 1 aromatic carbocycles. The number of piperazine rings is 1. The van der Waals surface area contributed by atoms with Gasteiger partial charge >= 0.3 is 6.09 Å². The molecule has 11 heteroatoms. The number of fused-ring (bicyclic) bond motifs is 2. The van der Waals surface area contributed by atoms with Crippen molar-refractivity contribution in [3.8, 4) is 6.07 Å². The van der Waals surface area contributed by atoms with Gasteiger partial charge in [-0.05, 0) is 64.7 Å². The van der Waals surface area contributed by atoms with Crippen molar-refractivity contribution in [1.29, 1.82) is 5.26 Å². The van der Waals surface area contributed by atoms with Crippen LogP contribution < -0.4 is 5.32 Å². The zero-order valence-corrected chi connectivity index (χ0v) is 24.2. The normalized spacial score (nSPS) is 24.0. The van der Waals surface area contributed by atoms with E-state index in [2.05, 4.69) is 11.4 Å². The fourth-order valence-corrected chi connectivity index (χ4v) is 5.96. The molecular formula is C29H40N6O5. The first-order valence-electron chi connectivity index (χ1n) is 13.9. The fraction of sp³-hybridized carbons (Fsp3) is 0.621. The van der Waals surface area contributed by atoms with E-state index in [0.29, 0.717) is 31.5 Å². The van der Waals surface area contributed by atoms with Crippen molar-refractivity contribution in [3.05, 3.63) is 35.4 Å². The zero-order chi connectivity index (χ0) is 29.4. The molecule has 3 fully saturated rings. The Bertz CT molecular complexity index is 1190. The van der Waals surface area contributed by atoms with Gasteiger partial charge in [-0.3, -0.25) is 19.3 Å². The lowest BCUT2D eigenvalue weighted by Gasteiger charge is -2.39. The van der Waals surface area contributed by atoms with E-state index in [0.717, 1.165) is 12.0 Å². The number of nitriles is 1. The number of ether oxygens (including phenoxy) is 1. The molecule has 4 unspecified atom stereocenters. The summed E-state index contributed by atoms with van der Waals surface area (Å²) in [6.07, 6.45) is 1.26. The summed E-state index contributed by atoms with van der Waals surface area (Å²) in [6.45, 7) is 8.41.